The monoisotopic (exact) mass is 159 g/mol. The summed E-state index contributed by atoms with van der Waals surface area (Å²) in [5, 5.41) is 0. The molecule has 3 heteroatoms. The number of benzene rings is 1. The second-order valence-electron chi connectivity index (χ2n) is 2.14. The predicted molar refractivity (Wildman–Crippen MR) is 43.2 cm³/mol. The molecule has 0 amide bonds. The van der Waals surface area contributed by atoms with Crippen molar-refractivity contribution in [3.63, 3.8) is 0 Å². The normalized spacial score (nSPS) is 13.5. The van der Waals surface area contributed by atoms with Gasteiger partial charge in [0.2, 0.25) is 0 Å². The first kappa shape index (κ1) is 8.91. The number of hydrogen-bond acceptors (Lipinski definition) is 2. The average molecular weight is 159 g/mol. The third kappa shape index (κ3) is 1.89. The van der Waals surface area contributed by atoms with Gasteiger partial charge in [0.15, 0.2) is 11.5 Å². The molecule has 0 atom stereocenters. The zero-order chi connectivity index (χ0) is 6.81. The van der Waals surface area contributed by atoms with Crippen molar-refractivity contribution in [1.29, 1.82) is 0 Å². The largest absolute Gasteiger partial charge is 0.486 e. The summed E-state index contributed by atoms with van der Waals surface area (Å²) < 4.78 is 10.6. The molecule has 0 N–H and O–H groups in total. The molecule has 0 aliphatic carbocycles. The van der Waals surface area contributed by atoms with Gasteiger partial charge in [0.25, 0.3) is 0 Å². The van der Waals surface area contributed by atoms with Gasteiger partial charge in [-0.2, -0.15) is 0 Å². The summed E-state index contributed by atoms with van der Waals surface area (Å²) in [4.78, 5) is 0. The molecular formula is C8H8NaO2. The minimum Gasteiger partial charge on any atom is -0.486 e. The van der Waals surface area contributed by atoms with Crippen LogP contribution in [0.4, 0.5) is 0 Å². The van der Waals surface area contributed by atoms with Gasteiger partial charge in [0, 0.05) is 29.6 Å². The van der Waals surface area contributed by atoms with Crippen LogP contribution in [0.15, 0.2) is 24.3 Å². The van der Waals surface area contributed by atoms with Crippen molar-refractivity contribution in [1.82, 2.24) is 0 Å². The van der Waals surface area contributed by atoms with E-state index in [9.17, 15) is 0 Å². The SMILES string of the molecule is [Na].c1ccc2c(c1)OCCO2. The minimum absolute atomic E-state index is 0. The number of hydrogen-bond donors (Lipinski definition) is 0. The van der Waals surface area contributed by atoms with Crippen molar-refractivity contribution in [3.8, 4) is 11.5 Å². The number of ether oxygens (including phenoxy) is 2. The summed E-state index contributed by atoms with van der Waals surface area (Å²) in [5.74, 6) is 1.71. The van der Waals surface area contributed by atoms with E-state index in [2.05, 4.69) is 0 Å². The van der Waals surface area contributed by atoms with Crippen molar-refractivity contribution in [3.05, 3.63) is 24.3 Å². The molecule has 53 valence electrons. The minimum atomic E-state index is 0. The molecule has 1 aromatic rings. The Morgan fingerprint density at radius 2 is 1.36 bits per heavy atom. The van der Waals surface area contributed by atoms with Crippen LogP contribution in [0.3, 0.4) is 0 Å². The quantitative estimate of drug-likeness (QED) is 0.527. The molecule has 0 spiro atoms. The number of fused-ring (bicyclic) bond motifs is 1. The summed E-state index contributed by atoms with van der Waals surface area (Å²) in [5.41, 5.74) is 0. The van der Waals surface area contributed by atoms with Crippen LogP contribution in [0.5, 0.6) is 11.5 Å². The van der Waals surface area contributed by atoms with E-state index in [1.54, 1.807) is 0 Å². The summed E-state index contributed by atoms with van der Waals surface area (Å²) in [6.45, 7) is 1.33. The van der Waals surface area contributed by atoms with E-state index >= 15 is 0 Å². The molecule has 0 aromatic heterocycles. The molecule has 1 aliphatic rings. The molecule has 1 aliphatic heterocycles. The van der Waals surface area contributed by atoms with E-state index in [1.807, 2.05) is 24.3 Å². The maximum atomic E-state index is 5.30. The number of rotatable bonds is 0. The van der Waals surface area contributed by atoms with Crippen molar-refractivity contribution >= 4 is 29.6 Å². The molecule has 11 heavy (non-hydrogen) atoms. The van der Waals surface area contributed by atoms with Gasteiger partial charge in [0.1, 0.15) is 13.2 Å². The second kappa shape index (κ2) is 4.00. The van der Waals surface area contributed by atoms with Gasteiger partial charge in [-0.3, -0.25) is 0 Å². The van der Waals surface area contributed by atoms with E-state index in [1.165, 1.54) is 0 Å². The van der Waals surface area contributed by atoms with Crippen molar-refractivity contribution in [2.24, 2.45) is 0 Å². The molecule has 1 heterocycles. The molecular weight excluding hydrogens is 151 g/mol. The molecule has 0 unspecified atom stereocenters. The fourth-order valence-electron chi connectivity index (χ4n) is 0.992. The smallest absolute Gasteiger partial charge is 0.161 e. The van der Waals surface area contributed by atoms with E-state index in [0.717, 1.165) is 11.5 Å². The number of para-hydroxylation sites is 2. The van der Waals surface area contributed by atoms with Crippen LogP contribution < -0.4 is 9.47 Å². The van der Waals surface area contributed by atoms with Crippen LogP contribution in [0.1, 0.15) is 0 Å². The van der Waals surface area contributed by atoms with E-state index in [0.29, 0.717) is 13.2 Å². The van der Waals surface area contributed by atoms with Crippen LogP contribution in [-0.4, -0.2) is 42.8 Å². The summed E-state index contributed by atoms with van der Waals surface area (Å²) in [6.07, 6.45) is 0. The van der Waals surface area contributed by atoms with Gasteiger partial charge in [-0.25, -0.2) is 0 Å². The Labute approximate surface area is 87.8 Å². The molecule has 0 fully saturated rings. The van der Waals surface area contributed by atoms with E-state index in [-0.39, 0.29) is 29.6 Å². The van der Waals surface area contributed by atoms with Gasteiger partial charge >= 0.3 is 0 Å². The van der Waals surface area contributed by atoms with Crippen LogP contribution in [-0.2, 0) is 0 Å². The zero-order valence-corrected chi connectivity index (χ0v) is 8.54. The molecule has 0 bridgehead atoms. The van der Waals surface area contributed by atoms with Crippen molar-refractivity contribution in [2.75, 3.05) is 13.2 Å². The fraction of sp³-hybridized carbons (Fsp3) is 0.250. The fourth-order valence-corrected chi connectivity index (χ4v) is 0.992. The zero-order valence-electron chi connectivity index (χ0n) is 6.54. The first-order valence-corrected chi connectivity index (χ1v) is 3.31. The van der Waals surface area contributed by atoms with Crippen LogP contribution in [0, 0.1) is 0 Å². The van der Waals surface area contributed by atoms with Crippen LogP contribution in [0.2, 0.25) is 0 Å². The van der Waals surface area contributed by atoms with Crippen molar-refractivity contribution in [2.45, 2.75) is 0 Å². The third-order valence-corrected chi connectivity index (χ3v) is 1.45. The topological polar surface area (TPSA) is 18.5 Å². The first-order valence-electron chi connectivity index (χ1n) is 3.31. The Morgan fingerprint density at radius 1 is 0.909 bits per heavy atom. The van der Waals surface area contributed by atoms with Crippen molar-refractivity contribution < 1.29 is 9.47 Å². The Kier molecular flexibility index (Phi) is 3.24. The third-order valence-electron chi connectivity index (χ3n) is 1.45. The maximum Gasteiger partial charge on any atom is 0.161 e. The van der Waals surface area contributed by atoms with Gasteiger partial charge in [-0.1, -0.05) is 12.1 Å². The maximum absolute atomic E-state index is 5.30. The van der Waals surface area contributed by atoms with Gasteiger partial charge < -0.3 is 9.47 Å². The molecule has 0 saturated heterocycles. The standard InChI is InChI=1S/C8H8O2.Na/c1-2-4-8-7(3-1)9-5-6-10-8;/h1-4H,5-6H2;. The second-order valence-corrected chi connectivity index (χ2v) is 2.14. The van der Waals surface area contributed by atoms with Gasteiger partial charge in [-0.05, 0) is 12.1 Å². The summed E-state index contributed by atoms with van der Waals surface area (Å²) in [7, 11) is 0. The van der Waals surface area contributed by atoms with Gasteiger partial charge in [-0.15, -0.1) is 0 Å². The Hall–Kier alpha value is -0.180. The first-order chi connectivity index (χ1) is 4.97. The predicted octanol–water partition coefficient (Wildman–Crippen LogP) is 1.08. The average Bonchev–Trinajstić information content (AvgIpc) is 2.05. The Bertz CT molecular complexity index is 212. The summed E-state index contributed by atoms with van der Waals surface area (Å²) >= 11 is 0. The Morgan fingerprint density at radius 3 is 1.82 bits per heavy atom. The molecule has 2 rings (SSSR count). The van der Waals surface area contributed by atoms with E-state index in [4.69, 9.17) is 9.47 Å². The van der Waals surface area contributed by atoms with Crippen LogP contribution >= 0.6 is 0 Å². The molecule has 2 nitrogen and oxygen atoms in total. The molecule has 1 aromatic carbocycles. The molecule has 0 saturated carbocycles. The molecule has 1 radical (unpaired) electrons. The van der Waals surface area contributed by atoms with Gasteiger partial charge in [0.05, 0.1) is 0 Å². The summed E-state index contributed by atoms with van der Waals surface area (Å²) in [6, 6.07) is 7.70. The van der Waals surface area contributed by atoms with Crippen LogP contribution in [0.25, 0.3) is 0 Å². The van der Waals surface area contributed by atoms with E-state index < -0.39 is 0 Å². The Balaban J connectivity index is 0.000000605.